The average molecular weight is 558 g/mol. The monoisotopic (exact) mass is 557 g/mol. The first-order valence-corrected chi connectivity index (χ1v) is 15.4. The molecule has 7 heteroatoms. The second-order valence-corrected chi connectivity index (χ2v) is 12.3. The molecule has 2 aromatic carbocycles. The Morgan fingerprint density at radius 1 is 0.976 bits per heavy atom. The van der Waals surface area contributed by atoms with Gasteiger partial charge in [-0.25, -0.2) is 0 Å². The maximum absolute atomic E-state index is 12.2. The van der Waals surface area contributed by atoms with E-state index in [9.17, 15) is 9.90 Å². The van der Waals surface area contributed by atoms with Gasteiger partial charge in [-0.15, -0.1) is 0 Å². The fourth-order valence-corrected chi connectivity index (χ4v) is 7.49. The van der Waals surface area contributed by atoms with Crippen LogP contribution in [0.2, 0.25) is 0 Å². The van der Waals surface area contributed by atoms with Gasteiger partial charge in [-0.2, -0.15) is 5.10 Å². The fourth-order valence-electron chi connectivity index (χ4n) is 7.49. The van der Waals surface area contributed by atoms with Crippen molar-refractivity contribution in [3.8, 4) is 0 Å². The number of likely N-dealkylation sites (tertiary alicyclic amines) is 2. The van der Waals surface area contributed by atoms with Crippen molar-refractivity contribution < 1.29 is 9.90 Å². The van der Waals surface area contributed by atoms with Crippen molar-refractivity contribution in [2.75, 3.05) is 32.7 Å². The van der Waals surface area contributed by atoms with Crippen LogP contribution in [0.15, 0.2) is 66.7 Å². The van der Waals surface area contributed by atoms with Gasteiger partial charge in [0.2, 0.25) is 0 Å². The molecule has 7 nitrogen and oxygen atoms in total. The molecule has 2 aliphatic heterocycles. The lowest BCUT2D eigenvalue weighted by atomic mass is 9.79. The van der Waals surface area contributed by atoms with Crippen LogP contribution in [0.25, 0.3) is 0 Å². The minimum Gasteiger partial charge on any atom is -0.548 e. The van der Waals surface area contributed by atoms with Gasteiger partial charge in [0.05, 0.1) is 17.7 Å². The van der Waals surface area contributed by atoms with Crippen molar-refractivity contribution >= 4 is 5.97 Å². The lowest BCUT2D eigenvalue weighted by Crippen LogP contribution is -2.53. The molecule has 0 bridgehead atoms. The van der Waals surface area contributed by atoms with Crippen molar-refractivity contribution in [3.63, 3.8) is 0 Å². The zero-order valence-electron chi connectivity index (χ0n) is 24.8. The van der Waals surface area contributed by atoms with E-state index >= 15 is 0 Å². The highest BCUT2D eigenvalue weighted by Crippen LogP contribution is 2.40. The number of quaternary nitrogens is 1. The Hall–Kier alpha value is -3.00. The van der Waals surface area contributed by atoms with Crippen molar-refractivity contribution in [3.05, 3.63) is 89.2 Å². The summed E-state index contributed by atoms with van der Waals surface area (Å²) in [7, 11) is 0. The maximum atomic E-state index is 12.2. The third-order valence-corrected chi connectivity index (χ3v) is 9.82. The van der Waals surface area contributed by atoms with Crippen LogP contribution in [0.1, 0.15) is 73.4 Å². The van der Waals surface area contributed by atoms with Gasteiger partial charge in [0.25, 0.3) is 0 Å². The van der Waals surface area contributed by atoms with Gasteiger partial charge in [0, 0.05) is 50.1 Å². The van der Waals surface area contributed by atoms with Crippen LogP contribution in [0.5, 0.6) is 0 Å². The molecule has 3 aromatic rings. The van der Waals surface area contributed by atoms with Crippen molar-refractivity contribution in [1.29, 1.82) is 0 Å². The second-order valence-electron chi connectivity index (χ2n) is 12.3. The van der Waals surface area contributed by atoms with Crippen LogP contribution in [-0.2, 0) is 17.8 Å². The van der Waals surface area contributed by atoms with Gasteiger partial charge in [-0.05, 0) is 74.7 Å². The first-order chi connectivity index (χ1) is 19.6. The molecule has 41 heavy (non-hydrogen) atoms. The van der Waals surface area contributed by atoms with Crippen LogP contribution < -0.4 is 11.3 Å². The van der Waals surface area contributed by atoms with Crippen molar-refractivity contribution in [2.24, 2.45) is 11.8 Å². The number of aliphatic carboxylic acids is 1. The molecule has 0 unspecified atom stereocenters. The Morgan fingerprint density at radius 3 is 2.27 bits per heavy atom. The van der Waals surface area contributed by atoms with E-state index in [4.69, 9.17) is 5.10 Å². The zero-order chi connectivity index (χ0) is 27.5. The number of carboxylic acids is 1. The molecule has 3 heterocycles. The predicted octanol–water partition coefficient (Wildman–Crippen LogP) is 4.68. The first-order valence-electron chi connectivity index (χ1n) is 15.4. The number of hydrogen-bond acceptors (Lipinski definition) is 5. The third-order valence-electron chi connectivity index (χ3n) is 9.82. The summed E-state index contributed by atoms with van der Waals surface area (Å²) >= 11 is 0. The van der Waals surface area contributed by atoms with Gasteiger partial charge in [-0.3, -0.25) is 9.58 Å². The summed E-state index contributed by atoms with van der Waals surface area (Å²) in [4.78, 5) is 17.1. The summed E-state index contributed by atoms with van der Waals surface area (Å²) in [6.07, 6.45) is 6.36. The van der Waals surface area contributed by atoms with E-state index in [1.807, 2.05) is 0 Å². The van der Waals surface area contributed by atoms with E-state index in [0.29, 0.717) is 17.8 Å². The Bertz CT molecular complexity index is 1250. The molecule has 0 amide bonds. The largest absolute Gasteiger partial charge is 0.548 e. The number of carboxylic acid groups (broad SMARTS) is 1. The molecule has 3 fully saturated rings. The minimum absolute atomic E-state index is 0. The van der Waals surface area contributed by atoms with Crippen LogP contribution >= 0.6 is 0 Å². The van der Waals surface area contributed by atoms with Gasteiger partial charge in [0.1, 0.15) is 0 Å². The Morgan fingerprint density at radius 2 is 1.66 bits per heavy atom. The summed E-state index contributed by atoms with van der Waals surface area (Å²) in [6, 6.07) is 23.3. The molecule has 0 spiro atoms. The molecule has 1 aromatic heterocycles. The summed E-state index contributed by atoms with van der Waals surface area (Å²) in [5.74, 6) is 0.713. The highest BCUT2D eigenvalue weighted by Gasteiger charge is 2.42. The Balaban J connectivity index is 0.00000337. The summed E-state index contributed by atoms with van der Waals surface area (Å²) in [5, 5.41) is 17.2. The Kier molecular flexibility index (Phi) is 9.58. The molecule has 1 aliphatic carbocycles. The number of hydrogen-bond donors (Lipinski definition) is 1. The van der Waals surface area contributed by atoms with E-state index in [1.54, 1.807) is 0 Å². The van der Waals surface area contributed by atoms with E-state index in [1.165, 1.54) is 16.8 Å². The number of carbonyl (C=O) groups excluding carboxylic acids is 1. The van der Waals surface area contributed by atoms with Crippen LogP contribution in [0.4, 0.5) is 0 Å². The quantitative estimate of drug-likeness (QED) is 0.390. The number of nitrogens with zero attached hydrogens (tertiary/aromatic N) is 4. The topological polar surface area (TPSA) is 101 Å². The van der Waals surface area contributed by atoms with Crippen molar-refractivity contribution in [2.45, 2.75) is 69.9 Å². The average Bonchev–Trinajstić information content (AvgIpc) is 3.56. The van der Waals surface area contributed by atoms with E-state index in [2.05, 4.69) is 88.1 Å². The smallest absolute Gasteiger partial charge is 0.0671 e. The van der Waals surface area contributed by atoms with Crippen LogP contribution in [0, 0.1) is 11.8 Å². The molecule has 3 aliphatic rings. The van der Waals surface area contributed by atoms with Crippen LogP contribution in [-0.4, -0.2) is 64.3 Å². The maximum Gasteiger partial charge on any atom is 0.0671 e. The number of piperidine rings is 1. The lowest BCUT2D eigenvalue weighted by Gasteiger charge is -2.40. The van der Waals surface area contributed by atoms with E-state index in [0.717, 1.165) is 83.5 Å². The van der Waals surface area contributed by atoms with E-state index < -0.39 is 12.0 Å². The molecule has 3 atom stereocenters. The number of aromatic nitrogens is 2. The van der Waals surface area contributed by atoms with Gasteiger partial charge in [0.15, 0.2) is 0 Å². The molecule has 1 saturated carbocycles. The molecular formula is C34H47N5O2. The Labute approximate surface area is 245 Å². The molecule has 2 saturated heterocycles. The van der Waals surface area contributed by atoms with Crippen LogP contribution in [0.3, 0.4) is 0 Å². The first kappa shape index (κ1) is 29.5. The highest BCUT2D eigenvalue weighted by molar-refractivity contribution is 5.72. The molecule has 0 radical (unpaired) electrons. The number of rotatable bonds is 10. The lowest BCUT2D eigenvalue weighted by molar-refractivity contribution is -0.314. The zero-order valence-corrected chi connectivity index (χ0v) is 24.8. The molecular weight excluding hydrogens is 510 g/mol. The third kappa shape index (κ3) is 6.58. The summed E-state index contributed by atoms with van der Waals surface area (Å²) in [6.45, 7) is 7.95. The highest BCUT2D eigenvalue weighted by atomic mass is 16.4. The van der Waals surface area contributed by atoms with Gasteiger partial charge < -0.3 is 21.0 Å². The van der Waals surface area contributed by atoms with Gasteiger partial charge in [-0.1, -0.05) is 67.1 Å². The normalized spacial score (nSPS) is 23.1. The number of benzene rings is 2. The van der Waals surface area contributed by atoms with Gasteiger partial charge >= 0.3 is 0 Å². The van der Waals surface area contributed by atoms with E-state index in [-0.39, 0.29) is 12.1 Å². The number of carbonyl (C=O) groups is 1. The minimum atomic E-state index is -0.878. The number of aryl methyl sites for hydroxylation is 1. The molecule has 4 N–H and O–H groups in total. The molecule has 220 valence electrons. The second kappa shape index (κ2) is 13.3. The summed E-state index contributed by atoms with van der Waals surface area (Å²) < 4.78 is 2.22. The van der Waals surface area contributed by atoms with Crippen molar-refractivity contribution in [1.82, 2.24) is 25.7 Å². The predicted molar refractivity (Wildman–Crippen MR) is 162 cm³/mol. The molecule has 6 rings (SSSR count). The SMILES string of the molecule is CCn1nc(Cc2ccccc2)cc1C1CCN(C[C@H]2CN([C@@H](C(=O)[O-])C3CCC3)C[C@@H]2c2ccccc2)CC1.[NH4+]. The summed E-state index contributed by atoms with van der Waals surface area (Å²) in [5.41, 5.74) is 5.20. The fraction of sp³-hybridized carbons (Fsp3) is 0.529. The standard InChI is InChI=1S/C34H44N4O2.H3N/c1-2-38-32(21-30(35-38)20-25-10-5-3-6-11-25)27-16-18-36(19-17-27)22-29-23-37(33(34(39)40)28-14-9-15-28)24-31(29)26-12-7-4-8-13-26;/h3-8,10-13,21,27-29,31,33H,2,9,14-20,22-24H2,1H3,(H,39,40);1H3/t29-,31+,33+;/m0./s1.